The molecule has 3 atom stereocenters. The van der Waals surface area contributed by atoms with E-state index in [9.17, 15) is 4.79 Å². The third-order valence-corrected chi connectivity index (χ3v) is 6.00. The van der Waals surface area contributed by atoms with E-state index in [-0.39, 0.29) is 5.91 Å². The van der Waals surface area contributed by atoms with Gasteiger partial charge in [0.2, 0.25) is 5.91 Å². The highest BCUT2D eigenvalue weighted by molar-refractivity contribution is 7.13. The van der Waals surface area contributed by atoms with E-state index in [2.05, 4.69) is 10.3 Å². The molecule has 3 nitrogen and oxygen atoms in total. The molecule has 2 aliphatic rings. The normalized spacial score (nSPS) is 26.3. The minimum absolute atomic E-state index is 0.166. The van der Waals surface area contributed by atoms with Gasteiger partial charge in [0.05, 0.1) is 0 Å². The zero-order chi connectivity index (χ0) is 14.9. The lowest BCUT2D eigenvalue weighted by Crippen LogP contribution is -2.20. The molecular formula is C18H20N2OS. The van der Waals surface area contributed by atoms with Crippen LogP contribution >= 0.6 is 11.3 Å². The SMILES string of the molecule is O=C(C[C@H]1C[C@H]2CC[C@H]1C2)Nc1ccc(-c2nccs2)cc1. The molecule has 0 aliphatic heterocycles. The van der Waals surface area contributed by atoms with E-state index in [4.69, 9.17) is 0 Å². The molecule has 0 saturated heterocycles. The average Bonchev–Trinajstić information content (AvgIpc) is 3.25. The molecule has 0 spiro atoms. The monoisotopic (exact) mass is 312 g/mol. The van der Waals surface area contributed by atoms with Crippen LogP contribution in [0.3, 0.4) is 0 Å². The van der Waals surface area contributed by atoms with Crippen molar-refractivity contribution in [2.24, 2.45) is 17.8 Å². The van der Waals surface area contributed by atoms with Crippen molar-refractivity contribution in [3.8, 4) is 10.6 Å². The molecular weight excluding hydrogens is 292 g/mol. The molecule has 2 fully saturated rings. The van der Waals surface area contributed by atoms with Crippen molar-refractivity contribution in [1.29, 1.82) is 0 Å². The van der Waals surface area contributed by atoms with Crippen LogP contribution in [0.4, 0.5) is 5.69 Å². The average molecular weight is 312 g/mol. The first-order chi connectivity index (χ1) is 10.8. The number of nitrogens with zero attached hydrogens (tertiary/aromatic N) is 1. The number of hydrogen-bond donors (Lipinski definition) is 1. The molecule has 114 valence electrons. The Labute approximate surface area is 134 Å². The van der Waals surface area contributed by atoms with Crippen LogP contribution in [0.5, 0.6) is 0 Å². The second-order valence-electron chi connectivity index (χ2n) is 6.60. The van der Waals surface area contributed by atoms with Gasteiger partial charge in [-0.25, -0.2) is 4.98 Å². The summed E-state index contributed by atoms with van der Waals surface area (Å²) in [6.45, 7) is 0. The van der Waals surface area contributed by atoms with E-state index in [1.807, 2.05) is 35.8 Å². The van der Waals surface area contributed by atoms with Crippen molar-refractivity contribution in [3.05, 3.63) is 35.8 Å². The Bertz CT molecular complexity index is 650. The van der Waals surface area contributed by atoms with Crippen LogP contribution < -0.4 is 5.32 Å². The smallest absolute Gasteiger partial charge is 0.224 e. The maximum absolute atomic E-state index is 12.2. The van der Waals surface area contributed by atoms with Gasteiger partial charge in [0.15, 0.2) is 0 Å². The summed E-state index contributed by atoms with van der Waals surface area (Å²) in [4.78, 5) is 16.5. The third-order valence-electron chi connectivity index (χ3n) is 5.18. The highest BCUT2D eigenvalue weighted by atomic mass is 32.1. The molecule has 1 aromatic heterocycles. The number of hydrogen-bond acceptors (Lipinski definition) is 3. The van der Waals surface area contributed by atoms with E-state index in [1.165, 1.54) is 25.7 Å². The third kappa shape index (κ3) is 2.80. The van der Waals surface area contributed by atoms with Crippen molar-refractivity contribution in [1.82, 2.24) is 4.98 Å². The van der Waals surface area contributed by atoms with Crippen LogP contribution in [0, 0.1) is 17.8 Å². The standard InChI is InChI=1S/C18H20N2OS/c21-17(11-15-10-12-1-2-14(15)9-12)20-16-5-3-13(4-6-16)18-19-7-8-22-18/h3-8,12,14-15H,1-2,9-11H2,(H,20,21)/t12-,14-,15+/m0/s1. The Morgan fingerprint density at radius 2 is 2.09 bits per heavy atom. The fourth-order valence-electron chi connectivity index (χ4n) is 4.14. The molecule has 0 radical (unpaired) electrons. The number of carbonyl (C=O) groups excluding carboxylic acids is 1. The van der Waals surface area contributed by atoms with Gasteiger partial charge < -0.3 is 5.32 Å². The van der Waals surface area contributed by atoms with Crippen LogP contribution in [0.15, 0.2) is 35.8 Å². The summed E-state index contributed by atoms with van der Waals surface area (Å²) in [6, 6.07) is 7.98. The Hall–Kier alpha value is -1.68. The van der Waals surface area contributed by atoms with Gasteiger partial charge >= 0.3 is 0 Å². The van der Waals surface area contributed by atoms with E-state index in [0.717, 1.165) is 28.1 Å². The lowest BCUT2D eigenvalue weighted by molar-refractivity contribution is -0.117. The van der Waals surface area contributed by atoms with E-state index in [1.54, 1.807) is 11.3 Å². The number of carbonyl (C=O) groups is 1. The molecule has 22 heavy (non-hydrogen) atoms. The lowest BCUT2D eigenvalue weighted by Gasteiger charge is -2.20. The van der Waals surface area contributed by atoms with Gasteiger partial charge in [-0.1, -0.05) is 6.42 Å². The Morgan fingerprint density at radius 1 is 1.23 bits per heavy atom. The van der Waals surface area contributed by atoms with E-state index < -0.39 is 0 Å². The van der Waals surface area contributed by atoms with Crippen LogP contribution in [0.25, 0.3) is 10.6 Å². The highest BCUT2D eigenvalue weighted by Crippen LogP contribution is 2.49. The zero-order valence-corrected chi connectivity index (χ0v) is 13.3. The molecule has 4 heteroatoms. The van der Waals surface area contributed by atoms with Crippen molar-refractivity contribution >= 4 is 22.9 Å². The van der Waals surface area contributed by atoms with Gasteiger partial charge in [-0.2, -0.15) is 0 Å². The zero-order valence-electron chi connectivity index (χ0n) is 12.5. The quantitative estimate of drug-likeness (QED) is 0.898. The van der Waals surface area contributed by atoms with Gasteiger partial charge in [0.25, 0.3) is 0 Å². The molecule has 1 heterocycles. The first-order valence-corrected chi connectivity index (χ1v) is 8.95. The number of anilines is 1. The first-order valence-electron chi connectivity index (χ1n) is 8.08. The Kier molecular flexibility index (Phi) is 3.70. The predicted octanol–water partition coefficient (Wildman–Crippen LogP) is 4.57. The summed E-state index contributed by atoms with van der Waals surface area (Å²) in [5.41, 5.74) is 1.98. The largest absolute Gasteiger partial charge is 0.326 e. The molecule has 2 bridgehead atoms. The fraction of sp³-hybridized carbons (Fsp3) is 0.444. The molecule has 2 aromatic rings. The number of rotatable bonds is 4. The Balaban J connectivity index is 1.35. The maximum atomic E-state index is 12.2. The number of aromatic nitrogens is 1. The van der Waals surface area contributed by atoms with Crippen molar-refractivity contribution in [3.63, 3.8) is 0 Å². The Morgan fingerprint density at radius 3 is 2.73 bits per heavy atom. The van der Waals surface area contributed by atoms with Gasteiger partial charge in [-0.15, -0.1) is 11.3 Å². The van der Waals surface area contributed by atoms with E-state index in [0.29, 0.717) is 12.3 Å². The van der Waals surface area contributed by atoms with Gasteiger partial charge in [0, 0.05) is 29.2 Å². The second kappa shape index (κ2) is 5.84. The van der Waals surface area contributed by atoms with E-state index >= 15 is 0 Å². The topological polar surface area (TPSA) is 42.0 Å². The summed E-state index contributed by atoms with van der Waals surface area (Å²) >= 11 is 1.63. The second-order valence-corrected chi connectivity index (χ2v) is 7.50. The summed E-state index contributed by atoms with van der Waals surface area (Å²) in [5, 5.41) is 6.03. The summed E-state index contributed by atoms with van der Waals surface area (Å²) in [5.74, 6) is 2.50. The summed E-state index contributed by atoms with van der Waals surface area (Å²) < 4.78 is 0. The highest BCUT2D eigenvalue weighted by Gasteiger charge is 2.40. The van der Waals surface area contributed by atoms with Crippen LogP contribution in [0.1, 0.15) is 32.1 Å². The van der Waals surface area contributed by atoms with Gasteiger partial charge in [-0.3, -0.25) is 4.79 Å². The molecule has 2 saturated carbocycles. The van der Waals surface area contributed by atoms with Gasteiger partial charge in [-0.05, 0) is 61.3 Å². The number of nitrogens with one attached hydrogen (secondary N) is 1. The fourth-order valence-corrected chi connectivity index (χ4v) is 4.78. The molecule has 1 N–H and O–H groups in total. The van der Waals surface area contributed by atoms with Gasteiger partial charge in [0.1, 0.15) is 5.01 Å². The van der Waals surface area contributed by atoms with Crippen LogP contribution in [-0.4, -0.2) is 10.9 Å². The number of amides is 1. The molecule has 1 amide bonds. The van der Waals surface area contributed by atoms with Crippen molar-refractivity contribution < 1.29 is 4.79 Å². The number of fused-ring (bicyclic) bond motifs is 2. The van der Waals surface area contributed by atoms with Crippen molar-refractivity contribution in [2.75, 3.05) is 5.32 Å². The predicted molar refractivity (Wildman–Crippen MR) is 89.7 cm³/mol. The first kappa shape index (κ1) is 13.9. The molecule has 2 aliphatic carbocycles. The molecule has 0 unspecified atom stereocenters. The maximum Gasteiger partial charge on any atom is 0.224 e. The minimum atomic E-state index is 0.166. The number of benzene rings is 1. The van der Waals surface area contributed by atoms with Crippen molar-refractivity contribution in [2.45, 2.75) is 32.1 Å². The molecule has 4 rings (SSSR count). The summed E-state index contributed by atoms with van der Waals surface area (Å²) in [6.07, 6.45) is 7.86. The lowest BCUT2D eigenvalue weighted by atomic mass is 9.86. The number of thiazole rings is 1. The van der Waals surface area contributed by atoms with Crippen LogP contribution in [-0.2, 0) is 4.79 Å². The minimum Gasteiger partial charge on any atom is -0.326 e. The summed E-state index contributed by atoms with van der Waals surface area (Å²) in [7, 11) is 0. The molecule has 1 aromatic carbocycles. The van der Waals surface area contributed by atoms with Crippen LogP contribution in [0.2, 0.25) is 0 Å².